The molecule has 3 aromatic rings. The number of hydrogen-bond acceptors (Lipinski definition) is 6. The van der Waals surface area contributed by atoms with E-state index in [9.17, 15) is 19.2 Å². The van der Waals surface area contributed by atoms with E-state index in [0.29, 0.717) is 57.4 Å². The summed E-state index contributed by atoms with van der Waals surface area (Å²) in [7, 11) is 3.95. The summed E-state index contributed by atoms with van der Waals surface area (Å²) in [6, 6.07) is 15.2. The van der Waals surface area contributed by atoms with Gasteiger partial charge in [0, 0.05) is 64.0 Å². The van der Waals surface area contributed by atoms with E-state index in [2.05, 4.69) is 23.3 Å². The summed E-state index contributed by atoms with van der Waals surface area (Å²) in [5, 5.41) is 3.97. The van der Waals surface area contributed by atoms with E-state index >= 15 is 0 Å². The SMILES string of the molecule is Cc1cc(C[C@@H](OC(=O)N2CCC(N3CCc4ccccc4NC3=O)CC2)C(=O)N2CCC(C3CCN(C)CC3)CC2)cc2ccc(=O)n(C)c12. The van der Waals surface area contributed by atoms with Gasteiger partial charge in [0.05, 0.1) is 5.52 Å². The minimum atomic E-state index is -0.964. The summed E-state index contributed by atoms with van der Waals surface area (Å²) in [4.78, 5) is 61.4. The van der Waals surface area contributed by atoms with Crippen molar-refractivity contribution in [3.63, 3.8) is 0 Å². The Balaban J connectivity index is 1.03. The maximum Gasteiger partial charge on any atom is 0.410 e. The fourth-order valence-electron chi connectivity index (χ4n) is 8.95. The average molecular weight is 697 g/mol. The van der Waals surface area contributed by atoms with Crippen LogP contribution >= 0.6 is 0 Å². The van der Waals surface area contributed by atoms with Gasteiger partial charge in [-0.15, -0.1) is 0 Å². The monoisotopic (exact) mass is 696 g/mol. The fourth-order valence-corrected chi connectivity index (χ4v) is 8.95. The van der Waals surface area contributed by atoms with Gasteiger partial charge in [0.25, 0.3) is 11.5 Å². The molecule has 0 spiro atoms. The van der Waals surface area contributed by atoms with Crippen molar-refractivity contribution in [2.45, 2.75) is 70.4 Å². The Kier molecular flexibility index (Phi) is 10.4. The number of carbonyl (C=O) groups excluding carboxylic acids is 3. The second-order valence-corrected chi connectivity index (χ2v) is 15.2. The highest BCUT2D eigenvalue weighted by Crippen LogP contribution is 2.33. The maximum atomic E-state index is 14.2. The lowest BCUT2D eigenvalue weighted by Crippen LogP contribution is -2.52. The standard InChI is InChI=1S/C40H52N6O5/c1-27-24-28(25-32-8-9-36(47)43(3)37(27)32)26-35(38(48)44-19-12-30(13-20-44)29-10-17-42(2)18-11-29)51-40(50)45-21-15-33(16-22-45)46-23-14-31-6-4-5-7-34(31)41-39(46)49/h4-9,24-25,29-30,33,35H,10-23,26H2,1-3H3,(H,41,49)/t35-/m1/s1. The number of piperidine rings is 3. The third kappa shape index (κ3) is 7.64. The van der Waals surface area contributed by atoms with Crippen molar-refractivity contribution in [2.24, 2.45) is 18.9 Å². The van der Waals surface area contributed by atoms with Crippen molar-refractivity contribution in [1.82, 2.24) is 24.2 Å². The van der Waals surface area contributed by atoms with Gasteiger partial charge in [-0.2, -0.15) is 0 Å². The maximum absolute atomic E-state index is 14.2. The molecule has 11 nitrogen and oxygen atoms in total. The highest BCUT2D eigenvalue weighted by molar-refractivity contribution is 5.91. The average Bonchev–Trinajstić information content (AvgIpc) is 3.31. The zero-order valence-electron chi connectivity index (χ0n) is 30.3. The summed E-state index contributed by atoms with van der Waals surface area (Å²) in [6.45, 7) is 7.12. The first-order valence-corrected chi connectivity index (χ1v) is 18.8. The van der Waals surface area contributed by atoms with E-state index in [1.165, 1.54) is 12.8 Å². The molecule has 0 aliphatic carbocycles. The van der Waals surface area contributed by atoms with Crippen molar-refractivity contribution in [3.8, 4) is 0 Å². The number of benzene rings is 2. The van der Waals surface area contributed by atoms with Crippen LogP contribution in [0.4, 0.5) is 15.3 Å². The third-order valence-electron chi connectivity index (χ3n) is 12.0. The Morgan fingerprint density at radius 1 is 0.824 bits per heavy atom. The Bertz CT molecular complexity index is 1820. The molecule has 0 bridgehead atoms. The fraction of sp³-hybridized carbons (Fsp3) is 0.550. The number of fused-ring (bicyclic) bond motifs is 2. The van der Waals surface area contributed by atoms with Gasteiger partial charge in [0.2, 0.25) is 0 Å². The molecule has 4 amide bonds. The second kappa shape index (κ2) is 15.1. The number of nitrogens with one attached hydrogen (secondary N) is 1. The molecular formula is C40H52N6O5. The molecule has 1 atom stereocenters. The molecule has 3 saturated heterocycles. The van der Waals surface area contributed by atoms with Crippen LogP contribution in [0, 0.1) is 18.8 Å². The van der Waals surface area contributed by atoms with Crippen LogP contribution < -0.4 is 10.9 Å². The minimum Gasteiger partial charge on any atom is -0.436 e. The highest BCUT2D eigenvalue weighted by atomic mass is 16.6. The zero-order valence-corrected chi connectivity index (χ0v) is 30.3. The molecule has 1 N–H and O–H groups in total. The summed E-state index contributed by atoms with van der Waals surface area (Å²) in [5.74, 6) is 1.20. The lowest BCUT2D eigenvalue weighted by Gasteiger charge is -2.40. The van der Waals surface area contributed by atoms with Gasteiger partial charge in [-0.05, 0) is 124 Å². The smallest absolute Gasteiger partial charge is 0.410 e. The molecule has 0 unspecified atom stereocenters. The molecule has 51 heavy (non-hydrogen) atoms. The molecule has 1 aromatic heterocycles. The zero-order chi connectivity index (χ0) is 35.6. The van der Waals surface area contributed by atoms with Crippen molar-refractivity contribution < 1.29 is 19.1 Å². The first kappa shape index (κ1) is 35.0. The van der Waals surface area contributed by atoms with Gasteiger partial charge in [-0.1, -0.05) is 24.3 Å². The summed E-state index contributed by atoms with van der Waals surface area (Å²) in [5.41, 5.74) is 4.58. The van der Waals surface area contributed by atoms with Crippen LogP contribution in [0.5, 0.6) is 0 Å². The molecule has 7 rings (SSSR count). The van der Waals surface area contributed by atoms with Crippen LogP contribution in [0.2, 0.25) is 0 Å². The number of anilines is 1. The number of urea groups is 1. The van der Waals surface area contributed by atoms with E-state index in [0.717, 1.165) is 65.6 Å². The molecule has 11 heteroatoms. The summed E-state index contributed by atoms with van der Waals surface area (Å²) >= 11 is 0. The van der Waals surface area contributed by atoms with Gasteiger partial charge in [-0.3, -0.25) is 9.59 Å². The molecule has 0 radical (unpaired) electrons. The molecule has 0 saturated carbocycles. The van der Waals surface area contributed by atoms with Crippen molar-refractivity contribution in [1.29, 1.82) is 0 Å². The molecular weight excluding hydrogens is 644 g/mol. The van der Waals surface area contributed by atoms with Crippen molar-refractivity contribution in [2.75, 3.05) is 58.2 Å². The molecule has 2 aromatic carbocycles. The van der Waals surface area contributed by atoms with Crippen LogP contribution in [0.1, 0.15) is 55.2 Å². The number of likely N-dealkylation sites (tertiary alicyclic amines) is 3. The van der Waals surface area contributed by atoms with E-state index in [1.807, 2.05) is 53.1 Å². The quantitative estimate of drug-likeness (QED) is 0.388. The number of pyridine rings is 1. The van der Waals surface area contributed by atoms with Gasteiger partial charge in [0.1, 0.15) is 0 Å². The van der Waals surface area contributed by atoms with Gasteiger partial charge in [0.15, 0.2) is 6.10 Å². The van der Waals surface area contributed by atoms with E-state index < -0.39 is 12.2 Å². The number of aromatic nitrogens is 1. The topological polar surface area (TPSA) is 107 Å². The molecule has 272 valence electrons. The third-order valence-corrected chi connectivity index (χ3v) is 12.0. The number of hydrogen-bond donors (Lipinski definition) is 1. The van der Waals surface area contributed by atoms with Gasteiger partial charge in [-0.25, -0.2) is 9.59 Å². The largest absolute Gasteiger partial charge is 0.436 e. The number of ether oxygens (including phenoxy) is 1. The number of nitrogens with zero attached hydrogens (tertiary/aromatic N) is 5. The Morgan fingerprint density at radius 3 is 2.22 bits per heavy atom. The Morgan fingerprint density at radius 2 is 1.49 bits per heavy atom. The number of para-hydroxylation sites is 1. The summed E-state index contributed by atoms with van der Waals surface area (Å²) < 4.78 is 7.81. The first-order valence-electron chi connectivity index (χ1n) is 18.8. The number of carbonyl (C=O) groups is 3. The first-order chi connectivity index (χ1) is 24.6. The van der Waals surface area contributed by atoms with E-state index in [4.69, 9.17) is 4.74 Å². The molecule has 4 aliphatic heterocycles. The lowest BCUT2D eigenvalue weighted by atomic mass is 9.79. The normalized spacial score (nSPS) is 20.5. The van der Waals surface area contributed by atoms with Crippen LogP contribution in [0.25, 0.3) is 10.9 Å². The second-order valence-electron chi connectivity index (χ2n) is 15.2. The highest BCUT2D eigenvalue weighted by Gasteiger charge is 2.37. The van der Waals surface area contributed by atoms with Crippen molar-refractivity contribution in [3.05, 3.63) is 75.6 Å². The molecule has 5 heterocycles. The molecule has 3 fully saturated rings. The Hall–Kier alpha value is -4.38. The predicted molar refractivity (Wildman–Crippen MR) is 198 cm³/mol. The van der Waals surface area contributed by atoms with Crippen LogP contribution in [-0.4, -0.2) is 107 Å². The summed E-state index contributed by atoms with van der Waals surface area (Å²) in [6.07, 6.45) is 5.26. The number of rotatable bonds is 6. The van der Waals surface area contributed by atoms with Crippen LogP contribution in [0.15, 0.2) is 53.3 Å². The number of aryl methyl sites for hydroxylation is 2. The van der Waals surface area contributed by atoms with E-state index in [-0.39, 0.29) is 30.0 Å². The number of amides is 4. The van der Waals surface area contributed by atoms with Crippen molar-refractivity contribution >= 4 is 34.6 Å². The van der Waals surface area contributed by atoms with Gasteiger partial charge >= 0.3 is 12.1 Å². The molecule has 4 aliphatic rings. The van der Waals surface area contributed by atoms with Crippen LogP contribution in [-0.2, 0) is 29.4 Å². The van der Waals surface area contributed by atoms with Crippen LogP contribution in [0.3, 0.4) is 0 Å². The lowest BCUT2D eigenvalue weighted by molar-refractivity contribution is -0.142. The Labute approximate surface area is 300 Å². The van der Waals surface area contributed by atoms with E-state index in [1.54, 1.807) is 22.6 Å². The predicted octanol–water partition coefficient (Wildman–Crippen LogP) is 5.03. The van der Waals surface area contributed by atoms with Gasteiger partial charge < -0.3 is 34.2 Å². The minimum absolute atomic E-state index is 0.0168.